The molecule has 7 heteroatoms. The highest BCUT2D eigenvalue weighted by Crippen LogP contribution is 2.35. The summed E-state index contributed by atoms with van der Waals surface area (Å²) >= 11 is 0. The molecule has 7 nitrogen and oxygen atoms in total. The Balaban J connectivity index is 1.95. The van der Waals surface area contributed by atoms with Gasteiger partial charge >= 0.3 is 11.9 Å². The average molecular weight is 428 g/mol. The third kappa shape index (κ3) is 3.83. The number of carboxylic acid groups (broad SMARTS) is 1. The summed E-state index contributed by atoms with van der Waals surface area (Å²) in [5.74, 6) is -0.890. The number of hydrogen-bond donors (Lipinski definition) is 1. The van der Waals surface area contributed by atoms with E-state index in [-0.39, 0.29) is 5.56 Å². The van der Waals surface area contributed by atoms with Crippen LogP contribution in [0.2, 0.25) is 0 Å². The van der Waals surface area contributed by atoms with Crippen LogP contribution in [0.15, 0.2) is 78.9 Å². The number of nitrogens with zero attached hydrogens (tertiary/aromatic N) is 2. The first-order valence-corrected chi connectivity index (χ1v) is 9.78. The number of aromatic carboxylic acids is 1. The van der Waals surface area contributed by atoms with E-state index >= 15 is 0 Å². The highest BCUT2D eigenvalue weighted by molar-refractivity contribution is 6.02. The van der Waals surface area contributed by atoms with Crippen molar-refractivity contribution in [1.82, 2.24) is 9.78 Å². The van der Waals surface area contributed by atoms with Crippen molar-refractivity contribution < 1.29 is 24.2 Å². The van der Waals surface area contributed by atoms with Gasteiger partial charge in [0.15, 0.2) is 0 Å². The van der Waals surface area contributed by atoms with Crippen LogP contribution >= 0.6 is 0 Å². The monoisotopic (exact) mass is 428 g/mol. The lowest BCUT2D eigenvalue weighted by Gasteiger charge is -2.09. The first kappa shape index (κ1) is 20.9. The van der Waals surface area contributed by atoms with Gasteiger partial charge < -0.3 is 14.6 Å². The van der Waals surface area contributed by atoms with Crippen molar-refractivity contribution in [1.29, 1.82) is 0 Å². The van der Waals surface area contributed by atoms with Crippen molar-refractivity contribution in [2.45, 2.75) is 0 Å². The van der Waals surface area contributed by atoms with Gasteiger partial charge in [-0.25, -0.2) is 14.3 Å². The van der Waals surface area contributed by atoms with Gasteiger partial charge in [-0.05, 0) is 36.4 Å². The number of ether oxygens (including phenoxy) is 2. The summed E-state index contributed by atoms with van der Waals surface area (Å²) in [7, 11) is 2.89. The fourth-order valence-electron chi connectivity index (χ4n) is 3.48. The SMILES string of the molecule is COC(=O)c1ccc(-c2nn(-c3ccc(OC)cc3)c(-c3ccccc3)c2C(=O)O)cc1. The first-order valence-electron chi connectivity index (χ1n) is 9.78. The Morgan fingerprint density at radius 1 is 0.844 bits per heavy atom. The van der Waals surface area contributed by atoms with Gasteiger partial charge in [0, 0.05) is 11.1 Å². The number of carbonyl (C=O) groups is 2. The predicted molar refractivity (Wildman–Crippen MR) is 119 cm³/mol. The molecule has 0 atom stereocenters. The van der Waals surface area contributed by atoms with Gasteiger partial charge in [0.1, 0.15) is 17.0 Å². The van der Waals surface area contributed by atoms with Crippen LogP contribution in [0.3, 0.4) is 0 Å². The van der Waals surface area contributed by atoms with Gasteiger partial charge in [-0.3, -0.25) is 0 Å². The van der Waals surface area contributed by atoms with E-state index in [1.165, 1.54) is 7.11 Å². The van der Waals surface area contributed by atoms with E-state index in [0.29, 0.717) is 39.5 Å². The molecule has 0 bridgehead atoms. The maximum Gasteiger partial charge on any atom is 0.340 e. The number of aromatic nitrogens is 2. The van der Waals surface area contributed by atoms with Gasteiger partial charge in [-0.1, -0.05) is 42.5 Å². The molecule has 0 saturated heterocycles. The minimum absolute atomic E-state index is 0.0674. The normalized spacial score (nSPS) is 10.6. The molecule has 0 aliphatic carbocycles. The van der Waals surface area contributed by atoms with Crippen LogP contribution in [-0.2, 0) is 4.74 Å². The van der Waals surface area contributed by atoms with Crippen LogP contribution in [-0.4, -0.2) is 41.0 Å². The van der Waals surface area contributed by atoms with Crippen molar-refractivity contribution in [3.05, 3.63) is 90.0 Å². The molecule has 32 heavy (non-hydrogen) atoms. The summed E-state index contributed by atoms with van der Waals surface area (Å²) in [5, 5.41) is 14.8. The minimum Gasteiger partial charge on any atom is -0.497 e. The summed E-state index contributed by atoms with van der Waals surface area (Å²) in [6, 6.07) is 22.9. The zero-order valence-electron chi connectivity index (χ0n) is 17.5. The van der Waals surface area contributed by atoms with E-state index in [9.17, 15) is 14.7 Å². The standard InChI is InChI=1S/C25H20N2O5/c1-31-20-14-12-19(13-15-20)27-23(17-6-4-3-5-7-17)21(24(28)29)22(26-27)16-8-10-18(11-9-16)25(30)32-2/h3-15H,1-2H3,(H,28,29). The van der Waals surface area contributed by atoms with Gasteiger partial charge in [0.2, 0.25) is 0 Å². The first-order chi connectivity index (χ1) is 15.5. The van der Waals surface area contributed by atoms with Gasteiger partial charge in [0.05, 0.1) is 31.2 Å². The number of rotatable bonds is 6. The zero-order chi connectivity index (χ0) is 22.7. The number of esters is 1. The molecule has 4 aromatic rings. The topological polar surface area (TPSA) is 90.6 Å². The Bertz CT molecular complexity index is 1260. The number of carboxylic acids is 1. The van der Waals surface area contributed by atoms with Crippen LogP contribution in [0.25, 0.3) is 28.2 Å². The second-order valence-corrected chi connectivity index (χ2v) is 6.92. The lowest BCUT2D eigenvalue weighted by Crippen LogP contribution is -2.03. The molecule has 0 spiro atoms. The van der Waals surface area contributed by atoms with E-state index < -0.39 is 11.9 Å². The van der Waals surface area contributed by atoms with Crippen molar-refractivity contribution >= 4 is 11.9 Å². The maximum absolute atomic E-state index is 12.4. The maximum atomic E-state index is 12.4. The number of carbonyl (C=O) groups excluding carboxylic acids is 1. The molecule has 0 fully saturated rings. The molecule has 1 N–H and O–H groups in total. The smallest absolute Gasteiger partial charge is 0.340 e. The van der Waals surface area contributed by atoms with Crippen molar-refractivity contribution in [3.8, 4) is 34.0 Å². The highest BCUT2D eigenvalue weighted by Gasteiger charge is 2.26. The van der Waals surface area contributed by atoms with Crippen LogP contribution in [0.4, 0.5) is 0 Å². The molecular formula is C25H20N2O5. The van der Waals surface area contributed by atoms with E-state index in [1.807, 2.05) is 42.5 Å². The summed E-state index contributed by atoms with van der Waals surface area (Å²) in [5.41, 5.74) is 3.15. The molecule has 1 heterocycles. The predicted octanol–water partition coefficient (Wildman–Crippen LogP) is 4.70. The molecule has 4 rings (SSSR count). The Hall–Kier alpha value is -4.39. The molecule has 1 aromatic heterocycles. The Morgan fingerprint density at radius 2 is 1.50 bits per heavy atom. The molecule has 0 amide bonds. The Kier molecular flexibility index (Phi) is 5.72. The summed E-state index contributed by atoms with van der Waals surface area (Å²) in [4.78, 5) is 24.2. The molecule has 0 unspecified atom stereocenters. The van der Waals surface area contributed by atoms with Crippen molar-refractivity contribution in [2.24, 2.45) is 0 Å². The largest absolute Gasteiger partial charge is 0.497 e. The summed E-state index contributed by atoms with van der Waals surface area (Å²) in [6.07, 6.45) is 0. The van der Waals surface area contributed by atoms with E-state index in [1.54, 1.807) is 48.2 Å². The molecule has 3 aromatic carbocycles. The molecule has 0 radical (unpaired) electrons. The lowest BCUT2D eigenvalue weighted by molar-refractivity contribution is 0.0599. The van der Waals surface area contributed by atoms with Gasteiger partial charge in [-0.2, -0.15) is 5.10 Å². The molecule has 160 valence electrons. The molecule has 0 saturated carbocycles. The second-order valence-electron chi connectivity index (χ2n) is 6.92. The number of benzene rings is 3. The van der Waals surface area contributed by atoms with E-state index in [4.69, 9.17) is 9.47 Å². The molecule has 0 aliphatic rings. The lowest BCUT2D eigenvalue weighted by atomic mass is 10.0. The van der Waals surface area contributed by atoms with E-state index in [2.05, 4.69) is 5.10 Å². The van der Waals surface area contributed by atoms with Crippen LogP contribution in [0.5, 0.6) is 5.75 Å². The zero-order valence-corrected chi connectivity index (χ0v) is 17.5. The van der Waals surface area contributed by atoms with Gasteiger partial charge in [0.25, 0.3) is 0 Å². The molecular weight excluding hydrogens is 408 g/mol. The van der Waals surface area contributed by atoms with Gasteiger partial charge in [-0.15, -0.1) is 0 Å². The second kappa shape index (κ2) is 8.77. The quantitative estimate of drug-likeness (QED) is 0.448. The summed E-state index contributed by atoms with van der Waals surface area (Å²) in [6.45, 7) is 0. The minimum atomic E-state index is -1.10. The third-order valence-corrected chi connectivity index (χ3v) is 5.04. The fraction of sp³-hybridized carbons (Fsp3) is 0.0800. The van der Waals surface area contributed by atoms with Crippen molar-refractivity contribution in [3.63, 3.8) is 0 Å². The number of methoxy groups -OCH3 is 2. The highest BCUT2D eigenvalue weighted by atomic mass is 16.5. The van der Waals surface area contributed by atoms with Crippen molar-refractivity contribution in [2.75, 3.05) is 14.2 Å². The number of hydrogen-bond acceptors (Lipinski definition) is 5. The van der Waals surface area contributed by atoms with Crippen LogP contribution in [0, 0.1) is 0 Å². The third-order valence-electron chi connectivity index (χ3n) is 5.04. The fourth-order valence-corrected chi connectivity index (χ4v) is 3.48. The van der Waals surface area contributed by atoms with E-state index in [0.717, 1.165) is 0 Å². The average Bonchev–Trinajstić information content (AvgIpc) is 3.25. The Morgan fingerprint density at radius 3 is 2.06 bits per heavy atom. The molecule has 0 aliphatic heterocycles. The summed E-state index contributed by atoms with van der Waals surface area (Å²) < 4.78 is 11.6. The Labute approximate surface area is 184 Å². The van der Waals surface area contributed by atoms with Crippen LogP contribution < -0.4 is 4.74 Å². The van der Waals surface area contributed by atoms with Crippen LogP contribution in [0.1, 0.15) is 20.7 Å².